The minimum absolute atomic E-state index is 0.315. The molecule has 0 fully saturated rings. The molecule has 6 nitrogen and oxygen atoms in total. The highest BCUT2D eigenvalue weighted by atomic mass is 19.1. The number of nitrogens with two attached hydrogens (primary N) is 2. The van der Waals surface area contributed by atoms with E-state index in [1.807, 2.05) is 66.7 Å². The monoisotopic (exact) mass is 444 g/mol. The summed E-state index contributed by atoms with van der Waals surface area (Å²) in [5, 5.41) is 4.32. The average molecular weight is 445 g/mol. The van der Waals surface area contributed by atoms with E-state index in [0.717, 1.165) is 33.7 Å². The smallest absolute Gasteiger partial charge is 0.149 e. The number of aromatic nitrogens is 1. The molecule has 7 heteroatoms. The third kappa shape index (κ3) is 5.77. The van der Waals surface area contributed by atoms with Crippen molar-refractivity contribution in [2.75, 3.05) is 6.61 Å². The van der Waals surface area contributed by atoms with Gasteiger partial charge < -0.3 is 21.1 Å². The number of hydrazone groups is 1. The van der Waals surface area contributed by atoms with Crippen LogP contribution < -0.4 is 21.1 Å². The molecule has 0 atom stereocenters. The van der Waals surface area contributed by atoms with Crippen molar-refractivity contribution in [3.63, 3.8) is 0 Å². The molecule has 0 saturated heterocycles. The highest BCUT2D eigenvalue weighted by Gasteiger charge is 2.06. The van der Waals surface area contributed by atoms with Gasteiger partial charge in [0.15, 0.2) is 0 Å². The van der Waals surface area contributed by atoms with Gasteiger partial charge in [0, 0.05) is 23.9 Å². The number of pyridine rings is 1. The summed E-state index contributed by atoms with van der Waals surface area (Å²) in [7, 11) is 0. The van der Waals surface area contributed by atoms with Gasteiger partial charge >= 0.3 is 0 Å². The summed E-state index contributed by atoms with van der Waals surface area (Å²) in [6.07, 6.45) is 1.05. The van der Waals surface area contributed by atoms with E-state index < -0.39 is 0 Å². The highest BCUT2D eigenvalue weighted by Crippen LogP contribution is 2.21. The fraction of sp³-hybridized carbons (Fsp3) is 0.154. The molecule has 33 heavy (non-hydrogen) atoms. The molecule has 4 N–H and O–H groups in total. The number of amidine groups is 1. The van der Waals surface area contributed by atoms with Crippen molar-refractivity contribution >= 4 is 16.7 Å². The number of hydrogen-bond acceptors (Lipinski definition) is 5. The molecule has 0 saturated carbocycles. The number of halogens is 1. The molecule has 0 aliphatic carbocycles. The van der Waals surface area contributed by atoms with Gasteiger partial charge in [-0.15, -0.1) is 0 Å². The van der Waals surface area contributed by atoms with E-state index in [0.29, 0.717) is 37.4 Å². The van der Waals surface area contributed by atoms with Crippen LogP contribution in [0, 0.1) is 5.82 Å². The first-order valence-corrected chi connectivity index (χ1v) is 10.6. The van der Waals surface area contributed by atoms with Crippen LogP contribution in [0.4, 0.5) is 4.39 Å². The number of benzene rings is 3. The zero-order valence-corrected chi connectivity index (χ0v) is 18.1. The lowest BCUT2D eigenvalue weighted by molar-refractivity contribution is 0.301. The van der Waals surface area contributed by atoms with E-state index in [4.69, 9.17) is 21.1 Å². The quantitative estimate of drug-likeness (QED) is 0.173. The predicted octanol–water partition coefficient (Wildman–Crippen LogP) is 4.35. The Kier molecular flexibility index (Phi) is 6.99. The van der Waals surface area contributed by atoms with Gasteiger partial charge in [0.05, 0.1) is 6.61 Å². The predicted molar refractivity (Wildman–Crippen MR) is 128 cm³/mol. The third-order valence-electron chi connectivity index (χ3n) is 5.23. The molecule has 168 valence electrons. The van der Waals surface area contributed by atoms with E-state index in [2.05, 4.69) is 10.1 Å². The summed E-state index contributed by atoms with van der Waals surface area (Å²) >= 11 is 0. The van der Waals surface area contributed by atoms with Gasteiger partial charge in [0.1, 0.15) is 35.3 Å². The normalized spacial score (nSPS) is 11.5. The van der Waals surface area contributed by atoms with Gasteiger partial charge in [-0.25, -0.2) is 9.37 Å². The van der Waals surface area contributed by atoms with Crippen LogP contribution in [0.25, 0.3) is 10.9 Å². The topological polar surface area (TPSA) is 95.8 Å². The van der Waals surface area contributed by atoms with Crippen molar-refractivity contribution in [1.29, 1.82) is 0 Å². The molecule has 0 spiro atoms. The van der Waals surface area contributed by atoms with Crippen LogP contribution in [0.15, 0.2) is 84.0 Å². The first-order valence-electron chi connectivity index (χ1n) is 10.6. The number of para-hydroxylation sites is 1. The summed E-state index contributed by atoms with van der Waals surface area (Å²) in [4.78, 5) is 4.41. The van der Waals surface area contributed by atoms with Crippen molar-refractivity contribution < 1.29 is 13.9 Å². The Labute approximate surface area is 191 Å². The Balaban J connectivity index is 1.30. The van der Waals surface area contributed by atoms with Crippen molar-refractivity contribution in [3.05, 3.63) is 102 Å². The lowest BCUT2D eigenvalue weighted by Gasteiger charge is -2.12. The molecule has 4 rings (SSSR count). The zero-order chi connectivity index (χ0) is 23.0. The van der Waals surface area contributed by atoms with E-state index in [9.17, 15) is 4.39 Å². The number of nitrogens with zero attached hydrogens (tertiary/aromatic N) is 2. The van der Waals surface area contributed by atoms with Crippen LogP contribution >= 0.6 is 0 Å². The molecule has 0 amide bonds. The van der Waals surface area contributed by atoms with E-state index in [-0.39, 0.29) is 5.82 Å². The number of hydrogen-bond donors (Lipinski definition) is 2. The first kappa shape index (κ1) is 22.1. The fourth-order valence-electron chi connectivity index (χ4n) is 3.47. The van der Waals surface area contributed by atoms with E-state index in [1.165, 1.54) is 6.07 Å². The van der Waals surface area contributed by atoms with Crippen molar-refractivity contribution in [2.24, 2.45) is 16.7 Å². The lowest BCUT2D eigenvalue weighted by atomic mass is 10.0. The maximum absolute atomic E-state index is 13.9. The molecule has 0 bridgehead atoms. The molecule has 0 aliphatic heterocycles. The molecular formula is C26H25FN4O2. The Morgan fingerprint density at radius 1 is 0.848 bits per heavy atom. The Morgan fingerprint density at radius 2 is 1.58 bits per heavy atom. The van der Waals surface area contributed by atoms with Crippen LogP contribution in [-0.4, -0.2) is 17.4 Å². The van der Waals surface area contributed by atoms with E-state index >= 15 is 0 Å². The van der Waals surface area contributed by atoms with Gasteiger partial charge in [-0.1, -0.05) is 42.5 Å². The van der Waals surface area contributed by atoms with Gasteiger partial charge in [0.2, 0.25) is 0 Å². The maximum Gasteiger partial charge on any atom is 0.149 e. The second kappa shape index (κ2) is 10.5. The van der Waals surface area contributed by atoms with Crippen LogP contribution in [0.1, 0.15) is 16.8 Å². The first-order chi connectivity index (χ1) is 16.1. The average Bonchev–Trinajstić information content (AvgIpc) is 2.85. The number of ether oxygens (including phenoxy) is 2. The summed E-state index contributed by atoms with van der Waals surface area (Å²) < 4.78 is 25.7. The fourth-order valence-corrected chi connectivity index (χ4v) is 3.47. The molecule has 4 aromatic rings. The maximum atomic E-state index is 13.9. The molecule has 0 aliphatic rings. The molecule has 0 unspecified atom stereocenters. The van der Waals surface area contributed by atoms with Crippen LogP contribution in [0.5, 0.6) is 11.5 Å². The Bertz CT molecular complexity index is 1260. The van der Waals surface area contributed by atoms with Crippen LogP contribution in [0.3, 0.4) is 0 Å². The largest absolute Gasteiger partial charge is 0.493 e. The standard InChI is InChI=1S/C26H25FN4O2/c27-24-7-3-6-18-8-9-21(30-26(18)24)14-15-32-22-10-12-23(13-11-22)33-17-20-5-2-1-4-19(20)16-25(28)31-29/h1-13H,14-17,29H2,(H2,28,31). The van der Waals surface area contributed by atoms with E-state index in [1.54, 1.807) is 6.07 Å². The number of fused-ring (bicyclic) bond motifs is 1. The molecule has 3 aromatic carbocycles. The van der Waals surface area contributed by atoms with Crippen molar-refractivity contribution in [1.82, 2.24) is 4.98 Å². The molecule has 1 aromatic heterocycles. The highest BCUT2D eigenvalue weighted by molar-refractivity contribution is 5.82. The zero-order valence-electron chi connectivity index (χ0n) is 18.1. The summed E-state index contributed by atoms with van der Waals surface area (Å²) in [5.41, 5.74) is 8.96. The molecular weight excluding hydrogens is 419 g/mol. The van der Waals surface area contributed by atoms with Crippen LogP contribution in [0.2, 0.25) is 0 Å². The van der Waals surface area contributed by atoms with Crippen molar-refractivity contribution in [3.8, 4) is 11.5 Å². The SMILES string of the molecule is N/N=C(\N)Cc1ccccc1COc1ccc(OCCc2ccc3cccc(F)c3n2)cc1. The minimum Gasteiger partial charge on any atom is -0.493 e. The van der Waals surface area contributed by atoms with Crippen LogP contribution in [-0.2, 0) is 19.4 Å². The minimum atomic E-state index is -0.315. The Hall–Kier alpha value is -4.13. The third-order valence-corrected chi connectivity index (χ3v) is 5.23. The second-order valence-electron chi connectivity index (χ2n) is 7.54. The van der Waals surface area contributed by atoms with Crippen molar-refractivity contribution in [2.45, 2.75) is 19.4 Å². The van der Waals surface area contributed by atoms with Gasteiger partial charge in [-0.2, -0.15) is 5.10 Å². The molecule has 0 radical (unpaired) electrons. The Morgan fingerprint density at radius 3 is 2.33 bits per heavy atom. The second-order valence-corrected chi connectivity index (χ2v) is 7.54. The van der Waals surface area contributed by atoms with Gasteiger partial charge in [-0.3, -0.25) is 0 Å². The summed E-state index contributed by atoms with van der Waals surface area (Å²) in [6.45, 7) is 0.836. The summed E-state index contributed by atoms with van der Waals surface area (Å²) in [5.74, 6) is 6.75. The van der Waals surface area contributed by atoms with Gasteiger partial charge in [0.25, 0.3) is 0 Å². The summed E-state index contributed by atoms with van der Waals surface area (Å²) in [6, 6.07) is 24.0. The molecule has 1 heterocycles. The lowest BCUT2D eigenvalue weighted by Crippen LogP contribution is -2.18. The number of rotatable bonds is 9. The van der Waals surface area contributed by atoms with Gasteiger partial charge in [-0.05, 0) is 47.5 Å².